The molecule has 4 heterocycles. The van der Waals surface area contributed by atoms with Crippen LogP contribution in [0.15, 0.2) is 188 Å². The van der Waals surface area contributed by atoms with Crippen LogP contribution in [0.3, 0.4) is 0 Å². The minimum atomic E-state index is 0.589. The molecule has 0 aliphatic carbocycles. The number of thiophene rings is 1. The molecule has 8 aromatic carbocycles. The first-order valence-corrected chi connectivity index (χ1v) is 19.9. The van der Waals surface area contributed by atoms with Gasteiger partial charge in [-0.1, -0.05) is 127 Å². The molecule has 0 amide bonds. The number of aromatic nitrogens is 5. The summed E-state index contributed by atoms with van der Waals surface area (Å²) < 4.78 is 6.98. The van der Waals surface area contributed by atoms with Crippen molar-refractivity contribution in [3.8, 4) is 45.5 Å². The van der Waals surface area contributed by atoms with E-state index in [2.05, 4.69) is 179 Å². The van der Waals surface area contributed by atoms with Crippen molar-refractivity contribution in [2.75, 3.05) is 0 Å². The Morgan fingerprint density at radius 1 is 0.351 bits per heavy atom. The van der Waals surface area contributed by atoms with Crippen molar-refractivity contribution in [1.29, 1.82) is 0 Å². The minimum absolute atomic E-state index is 0.589. The first kappa shape index (κ1) is 31.9. The molecule has 266 valence electrons. The Labute approximate surface area is 331 Å². The number of fused-ring (bicyclic) bond motifs is 9. The van der Waals surface area contributed by atoms with Crippen molar-refractivity contribution in [2.24, 2.45) is 0 Å². The highest BCUT2D eigenvalue weighted by Gasteiger charge is 2.21. The summed E-state index contributed by atoms with van der Waals surface area (Å²) in [7, 11) is 0. The van der Waals surface area contributed by atoms with Crippen LogP contribution in [0.2, 0.25) is 0 Å². The van der Waals surface area contributed by atoms with E-state index in [0.29, 0.717) is 17.6 Å². The van der Waals surface area contributed by atoms with Crippen molar-refractivity contribution < 1.29 is 0 Å². The van der Waals surface area contributed by atoms with Gasteiger partial charge in [-0.2, -0.15) is 9.97 Å². The standard InChI is InChI=1S/C51H31N5S/c1-3-14-32(15-4-1)49-52-50(40-22-13-21-39-38-20-9-12-25-47(38)57-48(39)40)54-51(53-49)56-44-24-11-8-19-37(44)42-31-34(27-29-46(42)56)33-26-28-45-41(30-33)36-18-7-10-23-43(36)55(45)35-16-5-2-6-17-35/h1-31H. The van der Waals surface area contributed by atoms with E-state index in [9.17, 15) is 0 Å². The van der Waals surface area contributed by atoms with Crippen molar-refractivity contribution >= 4 is 75.1 Å². The molecule has 0 radical (unpaired) electrons. The summed E-state index contributed by atoms with van der Waals surface area (Å²) in [6, 6.07) is 66.7. The summed E-state index contributed by atoms with van der Waals surface area (Å²) in [6.45, 7) is 0. The summed E-state index contributed by atoms with van der Waals surface area (Å²) >= 11 is 1.79. The van der Waals surface area contributed by atoms with Gasteiger partial charge in [-0.15, -0.1) is 11.3 Å². The average Bonchev–Trinajstić information content (AvgIpc) is 3.94. The minimum Gasteiger partial charge on any atom is -0.309 e. The molecule has 0 fully saturated rings. The molecule has 0 spiro atoms. The zero-order valence-electron chi connectivity index (χ0n) is 30.5. The van der Waals surface area contributed by atoms with Gasteiger partial charge in [0.2, 0.25) is 5.95 Å². The molecule has 0 bridgehead atoms. The molecule has 12 rings (SSSR count). The summed E-state index contributed by atoms with van der Waals surface area (Å²) in [5.41, 5.74) is 9.89. The second-order valence-electron chi connectivity index (χ2n) is 14.4. The number of hydrogen-bond acceptors (Lipinski definition) is 4. The van der Waals surface area contributed by atoms with Crippen molar-refractivity contribution in [3.05, 3.63) is 188 Å². The third-order valence-corrected chi connectivity index (χ3v) is 12.4. The quantitative estimate of drug-likeness (QED) is 0.176. The Morgan fingerprint density at radius 3 is 1.61 bits per heavy atom. The van der Waals surface area contributed by atoms with Crippen LogP contribution in [0.25, 0.3) is 109 Å². The lowest BCUT2D eigenvalue weighted by molar-refractivity contribution is 0.954. The predicted molar refractivity (Wildman–Crippen MR) is 238 cm³/mol. The summed E-state index contributed by atoms with van der Waals surface area (Å²) in [5.74, 6) is 1.88. The van der Waals surface area contributed by atoms with E-state index in [0.717, 1.165) is 44.2 Å². The lowest BCUT2D eigenvalue weighted by Crippen LogP contribution is -2.06. The summed E-state index contributed by atoms with van der Waals surface area (Å²) in [6.07, 6.45) is 0. The largest absolute Gasteiger partial charge is 0.309 e. The van der Waals surface area contributed by atoms with E-state index in [1.165, 1.54) is 47.5 Å². The first-order chi connectivity index (χ1) is 28.3. The Kier molecular flexibility index (Phi) is 7.03. The number of rotatable bonds is 5. The molecule has 5 nitrogen and oxygen atoms in total. The van der Waals surface area contributed by atoms with Crippen molar-refractivity contribution in [3.63, 3.8) is 0 Å². The molecule has 0 unspecified atom stereocenters. The van der Waals surface area contributed by atoms with Gasteiger partial charge in [0.15, 0.2) is 11.6 Å². The number of hydrogen-bond donors (Lipinski definition) is 0. The third kappa shape index (κ3) is 4.98. The van der Waals surface area contributed by atoms with Gasteiger partial charge in [0.25, 0.3) is 0 Å². The van der Waals surface area contributed by atoms with Crippen LogP contribution in [0, 0.1) is 0 Å². The average molecular weight is 746 g/mol. The van der Waals surface area contributed by atoms with Gasteiger partial charge in [0.05, 0.1) is 22.1 Å². The van der Waals surface area contributed by atoms with Gasteiger partial charge in [0.1, 0.15) is 0 Å². The fourth-order valence-corrected chi connectivity index (χ4v) is 9.81. The normalized spacial score (nSPS) is 11.9. The maximum Gasteiger partial charge on any atom is 0.238 e. The lowest BCUT2D eigenvalue weighted by Gasteiger charge is -2.11. The number of nitrogens with zero attached hydrogens (tertiary/aromatic N) is 5. The van der Waals surface area contributed by atoms with E-state index in [1.54, 1.807) is 11.3 Å². The molecule has 57 heavy (non-hydrogen) atoms. The van der Waals surface area contributed by atoms with E-state index < -0.39 is 0 Å². The monoisotopic (exact) mass is 745 g/mol. The zero-order valence-corrected chi connectivity index (χ0v) is 31.4. The second-order valence-corrected chi connectivity index (χ2v) is 15.5. The van der Waals surface area contributed by atoms with Crippen LogP contribution in [0.5, 0.6) is 0 Å². The highest BCUT2D eigenvalue weighted by atomic mass is 32.1. The Bertz CT molecular complexity index is 3520. The third-order valence-electron chi connectivity index (χ3n) is 11.2. The molecule has 6 heteroatoms. The SMILES string of the molecule is c1ccc(-c2nc(-c3cccc4c3sc3ccccc34)nc(-n3c4ccccc4c4cc(-c5ccc6c(c5)c5ccccc5n6-c5ccccc5)ccc43)n2)cc1. The fourth-order valence-electron chi connectivity index (χ4n) is 8.60. The van der Waals surface area contributed by atoms with E-state index >= 15 is 0 Å². The van der Waals surface area contributed by atoms with Gasteiger partial charge >= 0.3 is 0 Å². The topological polar surface area (TPSA) is 48.5 Å². The molecule has 0 aliphatic rings. The molecular formula is C51H31N5S. The van der Waals surface area contributed by atoms with Crippen LogP contribution in [-0.2, 0) is 0 Å². The molecule has 0 aliphatic heterocycles. The second kappa shape index (κ2) is 12.6. The van der Waals surface area contributed by atoms with Crippen LogP contribution in [-0.4, -0.2) is 24.1 Å². The molecule has 0 N–H and O–H groups in total. The smallest absolute Gasteiger partial charge is 0.238 e. The molecule has 12 aromatic rings. The van der Waals surface area contributed by atoms with Crippen molar-refractivity contribution in [2.45, 2.75) is 0 Å². The maximum atomic E-state index is 5.31. The summed E-state index contributed by atoms with van der Waals surface area (Å²) in [4.78, 5) is 15.7. The van der Waals surface area contributed by atoms with Gasteiger partial charge in [-0.25, -0.2) is 4.98 Å². The van der Waals surface area contributed by atoms with Crippen LogP contribution >= 0.6 is 11.3 Å². The molecule has 0 saturated carbocycles. The highest BCUT2D eigenvalue weighted by Crippen LogP contribution is 2.41. The van der Waals surface area contributed by atoms with Crippen LogP contribution in [0.1, 0.15) is 0 Å². The number of benzene rings is 8. The van der Waals surface area contributed by atoms with E-state index in [1.807, 2.05) is 18.2 Å². The Balaban J connectivity index is 1.06. The molecule has 0 saturated heterocycles. The van der Waals surface area contributed by atoms with Gasteiger partial charge in [-0.3, -0.25) is 4.57 Å². The molecule has 0 atom stereocenters. The van der Waals surface area contributed by atoms with Gasteiger partial charge in [-0.05, 0) is 71.8 Å². The van der Waals surface area contributed by atoms with Crippen LogP contribution in [0.4, 0.5) is 0 Å². The highest BCUT2D eigenvalue weighted by molar-refractivity contribution is 7.26. The predicted octanol–water partition coefficient (Wildman–Crippen LogP) is 13.4. The Morgan fingerprint density at radius 2 is 0.895 bits per heavy atom. The van der Waals surface area contributed by atoms with Gasteiger partial charge in [0, 0.05) is 58.5 Å². The lowest BCUT2D eigenvalue weighted by atomic mass is 10.0. The molecule has 4 aromatic heterocycles. The Hall–Kier alpha value is -7.41. The molecular weight excluding hydrogens is 715 g/mol. The maximum absolute atomic E-state index is 5.31. The van der Waals surface area contributed by atoms with E-state index in [4.69, 9.17) is 15.0 Å². The van der Waals surface area contributed by atoms with Crippen molar-refractivity contribution in [1.82, 2.24) is 24.1 Å². The van der Waals surface area contributed by atoms with Gasteiger partial charge < -0.3 is 4.57 Å². The zero-order chi connectivity index (χ0) is 37.5. The van der Waals surface area contributed by atoms with E-state index in [-0.39, 0.29) is 0 Å². The fraction of sp³-hybridized carbons (Fsp3) is 0. The number of para-hydroxylation sites is 3. The summed E-state index contributed by atoms with van der Waals surface area (Å²) in [5, 5.41) is 7.21. The first-order valence-electron chi connectivity index (χ1n) is 19.1. The van der Waals surface area contributed by atoms with Crippen LogP contribution < -0.4 is 0 Å².